The Morgan fingerprint density at radius 1 is 1.11 bits per heavy atom. The summed E-state index contributed by atoms with van der Waals surface area (Å²) >= 11 is 0.895. The molecule has 0 bridgehead atoms. The molecule has 1 aliphatic heterocycles. The van der Waals surface area contributed by atoms with Gasteiger partial charge in [0.05, 0.1) is 17.0 Å². The highest BCUT2D eigenvalue weighted by atomic mass is 32.2. The quantitative estimate of drug-likeness (QED) is 0.667. The summed E-state index contributed by atoms with van der Waals surface area (Å²) in [5.74, 6) is -0.629. The van der Waals surface area contributed by atoms with Crippen LogP contribution in [0.4, 0.5) is 9.18 Å². The predicted molar refractivity (Wildman–Crippen MR) is 106 cm³/mol. The van der Waals surface area contributed by atoms with E-state index in [1.165, 1.54) is 6.07 Å². The fraction of sp³-hybridized carbons (Fsp3) is 0.143. The summed E-state index contributed by atoms with van der Waals surface area (Å²) in [6.45, 7) is 2.47. The van der Waals surface area contributed by atoms with E-state index in [0.717, 1.165) is 40.2 Å². The molecule has 1 N–H and O–H groups in total. The number of para-hydroxylation sites is 1. The molecule has 4 rings (SSSR count). The monoisotopic (exact) mass is 380 g/mol. The maximum atomic E-state index is 14.2. The lowest BCUT2D eigenvalue weighted by Crippen LogP contribution is -2.17. The Morgan fingerprint density at radius 3 is 2.59 bits per heavy atom. The van der Waals surface area contributed by atoms with Crippen LogP contribution in [0.15, 0.2) is 53.6 Å². The first kappa shape index (κ1) is 17.5. The fourth-order valence-corrected chi connectivity index (χ4v) is 4.04. The van der Waals surface area contributed by atoms with E-state index in [0.29, 0.717) is 17.0 Å². The van der Waals surface area contributed by atoms with Crippen LogP contribution in [0.5, 0.6) is 0 Å². The van der Waals surface area contributed by atoms with Gasteiger partial charge in [0.15, 0.2) is 0 Å². The van der Waals surface area contributed by atoms with Gasteiger partial charge in [-0.1, -0.05) is 43.3 Å². The van der Waals surface area contributed by atoms with Gasteiger partial charge in [0, 0.05) is 22.7 Å². The molecule has 0 unspecified atom stereocenters. The minimum absolute atomic E-state index is 0.246. The number of nitrogens with zero attached hydrogens (tertiary/aromatic N) is 1. The van der Waals surface area contributed by atoms with Crippen molar-refractivity contribution in [1.29, 1.82) is 0 Å². The summed E-state index contributed by atoms with van der Waals surface area (Å²) in [7, 11) is 0. The maximum absolute atomic E-state index is 14.2. The van der Waals surface area contributed by atoms with Crippen LogP contribution in [-0.4, -0.2) is 15.7 Å². The Morgan fingerprint density at radius 2 is 1.89 bits per heavy atom. The fourth-order valence-electron chi connectivity index (χ4n) is 3.36. The summed E-state index contributed by atoms with van der Waals surface area (Å²) in [5.41, 5.74) is 3.60. The minimum Gasteiger partial charge on any atom is -0.342 e. The number of rotatable bonds is 4. The summed E-state index contributed by atoms with van der Waals surface area (Å²) in [6, 6.07) is 12.7. The number of amides is 2. The van der Waals surface area contributed by atoms with Crippen LogP contribution < -0.4 is 5.32 Å². The van der Waals surface area contributed by atoms with Crippen molar-refractivity contribution in [3.8, 4) is 0 Å². The number of aryl methyl sites for hydroxylation is 1. The molecule has 6 heteroatoms. The van der Waals surface area contributed by atoms with Crippen LogP contribution in [0.1, 0.15) is 23.6 Å². The number of thioether (sulfide) groups is 1. The first-order valence-electron chi connectivity index (χ1n) is 8.66. The normalized spacial score (nSPS) is 15.7. The highest BCUT2D eigenvalue weighted by Crippen LogP contribution is 2.31. The molecule has 0 aliphatic carbocycles. The molecule has 1 aromatic heterocycles. The molecule has 2 heterocycles. The topological polar surface area (TPSA) is 51.1 Å². The van der Waals surface area contributed by atoms with Crippen LogP contribution in [-0.2, 0) is 17.8 Å². The van der Waals surface area contributed by atoms with Crippen molar-refractivity contribution in [3.63, 3.8) is 0 Å². The number of fused-ring (bicyclic) bond motifs is 1. The van der Waals surface area contributed by atoms with Crippen molar-refractivity contribution in [2.45, 2.75) is 19.9 Å². The number of halogens is 1. The third-order valence-electron chi connectivity index (χ3n) is 4.62. The summed E-state index contributed by atoms with van der Waals surface area (Å²) < 4.78 is 16.2. The first-order chi connectivity index (χ1) is 13.1. The number of carbonyl (C=O) groups is 2. The number of imide groups is 1. The molecule has 0 spiro atoms. The van der Waals surface area contributed by atoms with E-state index < -0.39 is 0 Å². The van der Waals surface area contributed by atoms with E-state index in [9.17, 15) is 14.0 Å². The zero-order chi connectivity index (χ0) is 19.0. The van der Waals surface area contributed by atoms with Gasteiger partial charge in [-0.05, 0) is 35.9 Å². The van der Waals surface area contributed by atoms with E-state index in [-0.39, 0.29) is 17.0 Å². The van der Waals surface area contributed by atoms with Gasteiger partial charge >= 0.3 is 0 Å². The Kier molecular flexibility index (Phi) is 4.58. The molecule has 0 atom stereocenters. The SMILES string of the molecule is CCc1cccc2c(/C=C3\SC(=O)NC3=O)cn(Cc3ccccc3F)c12. The van der Waals surface area contributed by atoms with E-state index in [1.807, 2.05) is 29.0 Å². The standard InChI is InChI=1S/C21H17FN2O2S/c1-2-13-7-5-8-16-15(10-18-20(25)23-21(26)27-18)12-24(19(13)16)11-14-6-3-4-9-17(14)22/h3-10,12H,2,11H2,1H3,(H,23,25,26)/b18-10-. The van der Waals surface area contributed by atoms with Crippen LogP contribution in [0.3, 0.4) is 0 Å². The molecular weight excluding hydrogens is 363 g/mol. The van der Waals surface area contributed by atoms with E-state index in [2.05, 4.69) is 18.3 Å². The van der Waals surface area contributed by atoms with Crippen molar-refractivity contribution in [2.75, 3.05) is 0 Å². The van der Waals surface area contributed by atoms with Gasteiger partial charge in [-0.3, -0.25) is 14.9 Å². The molecule has 1 aliphatic rings. The minimum atomic E-state index is -0.383. The van der Waals surface area contributed by atoms with Crippen molar-refractivity contribution >= 4 is 39.9 Å². The Labute approximate surface area is 160 Å². The van der Waals surface area contributed by atoms with Crippen molar-refractivity contribution in [2.24, 2.45) is 0 Å². The van der Waals surface area contributed by atoms with Crippen LogP contribution in [0.25, 0.3) is 17.0 Å². The molecule has 2 aromatic carbocycles. The molecule has 2 amide bonds. The van der Waals surface area contributed by atoms with Gasteiger partial charge in [-0.2, -0.15) is 0 Å². The third-order valence-corrected chi connectivity index (χ3v) is 5.43. The van der Waals surface area contributed by atoms with Gasteiger partial charge in [-0.15, -0.1) is 0 Å². The van der Waals surface area contributed by atoms with Crippen LogP contribution in [0, 0.1) is 5.82 Å². The van der Waals surface area contributed by atoms with Gasteiger partial charge in [-0.25, -0.2) is 4.39 Å². The number of carbonyl (C=O) groups excluding carboxylic acids is 2. The number of hydrogen-bond donors (Lipinski definition) is 1. The molecule has 27 heavy (non-hydrogen) atoms. The number of benzene rings is 2. The van der Waals surface area contributed by atoms with Gasteiger partial charge in [0.2, 0.25) is 0 Å². The summed E-state index contributed by atoms with van der Waals surface area (Å²) in [6.07, 6.45) is 4.48. The summed E-state index contributed by atoms with van der Waals surface area (Å²) in [4.78, 5) is 23.7. The van der Waals surface area contributed by atoms with E-state index in [1.54, 1.807) is 18.2 Å². The first-order valence-corrected chi connectivity index (χ1v) is 9.47. The lowest BCUT2D eigenvalue weighted by atomic mass is 10.1. The molecule has 0 radical (unpaired) electrons. The Hall–Kier alpha value is -2.86. The largest absolute Gasteiger partial charge is 0.342 e. The molecule has 3 aromatic rings. The molecule has 1 saturated heterocycles. The van der Waals surface area contributed by atoms with Crippen molar-refractivity contribution in [1.82, 2.24) is 9.88 Å². The second kappa shape index (κ2) is 7.04. The third kappa shape index (κ3) is 3.28. The number of hydrogen-bond acceptors (Lipinski definition) is 3. The predicted octanol–water partition coefficient (Wildman–Crippen LogP) is 4.72. The second-order valence-electron chi connectivity index (χ2n) is 6.32. The zero-order valence-corrected chi connectivity index (χ0v) is 15.5. The zero-order valence-electron chi connectivity index (χ0n) is 14.7. The highest BCUT2D eigenvalue weighted by Gasteiger charge is 2.25. The summed E-state index contributed by atoms with van der Waals surface area (Å²) in [5, 5.41) is 2.88. The molecule has 4 nitrogen and oxygen atoms in total. The Bertz CT molecular complexity index is 1100. The van der Waals surface area contributed by atoms with Gasteiger partial charge in [0.1, 0.15) is 5.82 Å². The average Bonchev–Trinajstić information content (AvgIpc) is 3.16. The average molecular weight is 380 g/mol. The number of aromatic nitrogens is 1. The molecular formula is C21H17FN2O2S. The lowest BCUT2D eigenvalue weighted by Gasteiger charge is -2.09. The maximum Gasteiger partial charge on any atom is 0.290 e. The van der Waals surface area contributed by atoms with Gasteiger partial charge in [0.25, 0.3) is 11.1 Å². The smallest absolute Gasteiger partial charge is 0.290 e. The Balaban J connectivity index is 1.86. The van der Waals surface area contributed by atoms with E-state index in [4.69, 9.17) is 0 Å². The van der Waals surface area contributed by atoms with Crippen LogP contribution in [0.2, 0.25) is 0 Å². The molecule has 0 saturated carbocycles. The second-order valence-corrected chi connectivity index (χ2v) is 7.34. The lowest BCUT2D eigenvalue weighted by molar-refractivity contribution is -0.115. The van der Waals surface area contributed by atoms with E-state index >= 15 is 0 Å². The van der Waals surface area contributed by atoms with Crippen LogP contribution >= 0.6 is 11.8 Å². The van der Waals surface area contributed by atoms with Gasteiger partial charge < -0.3 is 4.57 Å². The highest BCUT2D eigenvalue weighted by molar-refractivity contribution is 8.18. The number of nitrogens with one attached hydrogen (secondary N) is 1. The van der Waals surface area contributed by atoms with Crippen molar-refractivity contribution in [3.05, 3.63) is 76.1 Å². The molecule has 136 valence electrons. The van der Waals surface area contributed by atoms with Crippen molar-refractivity contribution < 1.29 is 14.0 Å². The molecule has 1 fully saturated rings.